The maximum absolute atomic E-state index is 13.8. The van der Waals surface area contributed by atoms with E-state index in [4.69, 9.17) is 0 Å². The van der Waals surface area contributed by atoms with E-state index >= 15 is 0 Å². The highest BCUT2D eigenvalue weighted by Gasteiger charge is 2.33. The molecule has 2 aliphatic rings. The Balaban J connectivity index is 1.09. The monoisotopic (exact) mass is 605 g/mol. The summed E-state index contributed by atoms with van der Waals surface area (Å²) in [6, 6.07) is 11.9. The molecule has 43 heavy (non-hydrogen) atoms. The van der Waals surface area contributed by atoms with E-state index in [9.17, 15) is 22.8 Å². The van der Waals surface area contributed by atoms with Crippen LogP contribution in [0.15, 0.2) is 66.0 Å². The Morgan fingerprint density at radius 3 is 2.65 bits per heavy atom. The molecule has 1 aromatic carbocycles. The number of imide groups is 1. The van der Waals surface area contributed by atoms with Crippen molar-refractivity contribution in [3.63, 3.8) is 0 Å². The van der Waals surface area contributed by atoms with E-state index in [2.05, 4.69) is 35.5 Å². The van der Waals surface area contributed by atoms with Crippen molar-refractivity contribution in [1.29, 1.82) is 0 Å². The Labute approximate surface area is 249 Å². The predicted octanol–water partition coefficient (Wildman–Crippen LogP) is 5.44. The van der Waals surface area contributed by atoms with Crippen LogP contribution in [0.5, 0.6) is 0 Å². The second kappa shape index (κ2) is 12.1. The molecule has 2 N–H and O–H groups in total. The third-order valence-electron chi connectivity index (χ3n) is 7.36. The minimum atomic E-state index is -4.58. The second-order valence-corrected chi connectivity index (χ2v) is 11.4. The number of carbonyl (C=O) groups excluding carboxylic acids is 2. The Morgan fingerprint density at radius 2 is 1.88 bits per heavy atom. The number of nitrogens with zero attached hydrogens (tertiary/aromatic N) is 5. The van der Waals surface area contributed by atoms with Gasteiger partial charge in [-0.3, -0.25) is 19.9 Å². The normalized spacial score (nSPS) is 17.2. The predicted molar refractivity (Wildman–Crippen MR) is 158 cm³/mol. The molecule has 0 radical (unpaired) electrons. The van der Waals surface area contributed by atoms with Gasteiger partial charge in [0.2, 0.25) is 5.95 Å². The van der Waals surface area contributed by atoms with Crippen molar-refractivity contribution in [3.8, 4) is 11.3 Å². The lowest BCUT2D eigenvalue weighted by Crippen LogP contribution is -2.38. The van der Waals surface area contributed by atoms with Crippen LogP contribution in [-0.4, -0.2) is 50.7 Å². The van der Waals surface area contributed by atoms with Gasteiger partial charge in [-0.25, -0.2) is 15.0 Å². The lowest BCUT2D eigenvalue weighted by molar-refractivity contribution is -0.141. The molecule has 3 aromatic heterocycles. The fourth-order valence-corrected chi connectivity index (χ4v) is 5.87. The molecule has 0 atom stereocenters. The molecule has 0 unspecified atom stereocenters. The van der Waals surface area contributed by atoms with Crippen molar-refractivity contribution in [2.45, 2.75) is 25.6 Å². The van der Waals surface area contributed by atoms with Crippen LogP contribution >= 0.6 is 11.8 Å². The summed E-state index contributed by atoms with van der Waals surface area (Å²) < 4.78 is 41.3. The molecule has 2 amide bonds. The number of aromatic nitrogens is 4. The highest BCUT2D eigenvalue weighted by Crippen LogP contribution is 2.33. The number of anilines is 1. The maximum Gasteiger partial charge on any atom is 0.433 e. The van der Waals surface area contributed by atoms with E-state index in [1.807, 2.05) is 24.3 Å². The van der Waals surface area contributed by atoms with Gasteiger partial charge in [-0.2, -0.15) is 13.2 Å². The Morgan fingerprint density at radius 1 is 1.07 bits per heavy atom. The molecule has 0 aliphatic carbocycles. The van der Waals surface area contributed by atoms with Crippen LogP contribution < -0.4 is 15.5 Å². The van der Waals surface area contributed by atoms with Crippen LogP contribution in [0, 0.1) is 5.92 Å². The number of fused-ring (bicyclic) bond motifs is 1. The van der Waals surface area contributed by atoms with Gasteiger partial charge in [0.1, 0.15) is 5.69 Å². The van der Waals surface area contributed by atoms with Crippen molar-refractivity contribution in [3.05, 3.63) is 82.9 Å². The number of alkyl halides is 3. The van der Waals surface area contributed by atoms with Crippen LogP contribution in [0.2, 0.25) is 0 Å². The number of rotatable bonds is 7. The summed E-state index contributed by atoms with van der Waals surface area (Å²) in [6.45, 7) is 2.35. The van der Waals surface area contributed by atoms with Gasteiger partial charge in [0, 0.05) is 49.2 Å². The third kappa shape index (κ3) is 6.67. The second-order valence-electron chi connectivity index (χ2n) is 10.3. The molecule has 220 valence electrons. The van der Waals surface area contributed by atoms with Gasteiger partial charge in [-0.1, -0.05) is 24.3 Å². The van der Waals surface area contributed by atoms with Crippen LogP contribution in [0.1, 0.15) is 29.8 Å². The smallest absolute Gasteiger partial charge is 0.341 e. The number of piperidine rings is 1. The average molecular weight is 606 g/mol. The molecule has 4 aromatic rings. The number of halogens is 3. The molecular weight excluding hydrogens is 579 g/mol. The fourth-order valence-electron chi connectivity index (χ4n) is 5.20. The molecule has 0 saturated carbocycles. The van der Waals surface area contributed by atoms with Crippen molar-refractivity contribution in [1.82, 2.24) is 30.6 Å². The summed E-state index contributed by atoms with van der Waals surface area (Å²) in [4.78, 5) is 42.7. The van der Waals surface area contributed by atoms with Crippen LogP contribution in [0.3, 0.4) is 0 Å². The minimum absolute atomic E-state index is 0.237. The van der Waals surface area contributed by atoms with Crippen molar-refractivity contribution in [2.24, 2.45) is 5.92 Å². The number of nitrogens with one attached hydrogen (secondary N) is 2. The van der Waals surface area contributed by atoms with E-state index in [-0.39, 0.29) is 17.1 Å². The number of amides is 2. The zero-order valence-electron chi connectivity index (χ0n) is 22.8. The largest absolute Gasteiger partial charge is 0.433 e. The molecule has 2 aliphatic heterocycles. The lowest BCUT2D eigenvalue weighted by Gasteiger charge is -2.32. The highest BCUT2D eigenvalue weighted by molar-refractivity contribution is 8.18. The molecule has 0 bridgehead atoms. The number of thioether (sulfide) groups is 1. The van der Waals surface area contributed by atoms with E-state index < -0.39 is 23.0 Å². The van der Waals surface area contributed by atoms with Crippen LogP contribution in [0.25, 0.3) is 28.1 Å². The van der Waals surface area contributed by atoms with E-state index in [0.717, 1.165) is 41.4 Å². The van der Waals surface area contributed by atoms with Gasteiger partial charge < -0.3 is 10.2 Å². The Kier molecular flexibility index (Phi) is 8.08. The zero-order valence-corrected chi connectivity index (χ0v) is 23.6. The lowest BCUT2D eigenvalue weighted by atomic mass is 9.97. The number of carbonyl (C=O) groups is 2. The first-order valence-corrected chi connectivity index (χ1v) is 14.5. The van der Waals surface area contributed by atoms with Gasteiger partial charge >= 0.3 is 6.18 Å². The van der Waals surface area contributed by atoms with Gasteiger partial charge in [-0.15, -0.1) is 0 Å². The number of benzene rings is 1. The molecule has 0 spiro atoms. The number of hydrogen-bond acceptors (Lipinski definition) is 9. The van der Waals surface area contributed by atoms with E-state index in [1.165, 1.54) is 0 Å². The van der Waals surface area contributed by atoms with Crippen LogP contribution in [-0.2, 0) is 17.5 Å². The zero-order chi connectivity index (χ0) is 30.0. The fraction of sp³-hybridized carbons (Fsp3) is 0.267. The number of hydrogen-bond donors (Lipinski definition) is 2. The third-order valence-corrected chi connectivity index (χ3v) is 8.18. The summed E-state index contributed by atoms with van der Waals surface area (Å²) in [5.74, 6) is 0.436. The standard InChI is InChI=1S/C30H26F3N7O2S/c31-30(32,33)26-12-19(11-24(38-26)23-17-35-16-20-3-1-2-4-22(20)23)15-34-14-18-6-9-40(10-7-18)28-36-8-5-21(37-28)13-25-27(41)39-29(42)43-25/h1-5,8,11-13,16-18,34H,6-7,9-10,14-15H2,(H,39,41,42)/b25-13-. The topological polar surface area (TPSA) is 113 Å². The van der Waals surface area contributed by atoms with E-state index in [1.54, 1.807) is 36.8 Å². The van der Waals surface area contributed by atoms with Gasteiger partial charge in [0.25, 0.3) is 11.1 Å². The first-order chi connectivity index (χ1) is 20.7. The van der Waals surface area contributed by atoms with Gasteiger partial charge in [0.15, 0.2) is 0 Å². The molecule has 9 nitrogen and oxygen atoms in total. The molecule has 2 saturated heterocycles. The minimum Gasteiger partial charge on any atom is -0.341 e. The molecule has 2 fully saturated rings. The molecule has 6 rings (SSSR count). The number of pyridine rings is 2. The summed E-state index contributed by atoms with van der Waals surface area (Å²) in [5, 5.41) is 6.78. The van der Waals surface area contributed by atoms with Gasteiger partial charge in [0.05, 0.1) is 16.3 Å². The first-order valence-electron chi connectivity index (χ1n) is 13.7. The van der Waals surface area contributed by atoms with Gasteiger partial charge in [-0.05, 0) is 72.3 Å². The molecule has 5 heterocycles. The molecule has 13 heteroatoms. The summed E-state index contributed by atoms with van der Waals surface area (Å²) >= 11 is 0.836. The van der Waals surface area contributed by atoms with Crippen molar-refractivity contribution >= 4 is 45.7 Å². The Hall–Kier alpha value is -4.36. The van der Waals surface area contributed by atoms with Crippen molar-refractivity contribution in [2.75, 3.05) is 24.5 Å². The summed E-state index contributed by atoms with van der Waals surface area (Å²) in [6.07, 6.45) is 3.55. The van der Waals surface area contributed by atoms with E-state index in [0.29, 0.717) is 48.3 Å². The quantitative estimate of drug-likeness (QED) is 0.266. The maximum atomic E-state index is 13.8. The summed E-state index contributed by atoms with van der Waals surface area (Å²) in [7, 11) is 0. The SMILES string of the molecule is O=C1NC(=O)/C(=C/c2ccnc(N3CCC(CNCc4cc(-c5cncc6ccccc56)nc(C(F)(F)F)c4)CC3)n2)S1. The highest BCUT2D eigenvalue weighted by atomic mass is 32.2. The Bertz CT molecular complexity index is 1720. The first kappa shape index (κ1) is 28.7. The van der Waals surface area contributed by atoms with Crippen LogP contribution in [0.4, 0.5) is 23.9 Å². The summed E-state index contributed by atoms with van der Waals surface area (Å²) in [5.41, 5.74) is 0.896. The molecular formula is C30H26F3N7O2S. The average Bonchev–Trinajstić information content (AvgIpc) is 3.32. The van der Waals surface area contributed by atoms with Crippen molar-refractivity contribution < 1.29 is 22.8 Å².